The Hall–Kier alpha value is -2.35. The van der Waals surface area contributed by atoms with Crippen molar-refractivity contribution < 1.29 is 14.0 Å². The van der Waals surface area contributed by atoms with Gasteiger partial charge in [-0.3, -0.25) is 10.1 Å². The molecule has 0 radical (unpaired) electrons. The van der Waals surface area contributed by atoms with E-state index < -0.39 is 6.10 Å². The molecule has 2 heterocycles. The third-order valence-electron chi connectivity index (χ3n) is 3.28. The molecule has 0 spiro atoms. The molecule has 1 N–H and O–H groups in total. The molecule has 1 aromatic heterocycles. The Morgan fingerprint density at radius 1 is 1.43 bits per heavy atom. The van der Waals surface area contributed by atoms with Crippen molar-refractivity contribution in [3.8, 4) is 0 Å². The van der Waals surface area contributed by atoms with E-state index in [0.29, 0.717) is 16.4 Å². The lowest BCUT2D eigenvalue weighted by Crippen LogP contribution is -2.28. The number of oxime groups is 1. The Morgan fingerprint density at radius 3 is 2.96 bits per heavy atom. The van der Waals surface area contributed by atoms with E-state index in [4.69, 9.17) is 4.84 Å². The Kier molecular flexibility index (Phi) is 4.33. The van der Waals surface area contributed by atoms with E-state index in [2.05, 4.69) is 20.7 Å². The number of benzene rings is 1. The molecule has 1 aliphatic rings. The molecule has 0 saturated carbocycles. The van der Waals surface area contributed by atoms with Crippen molar-refractivity contribution in [3.63, 3.8) is 0 Å². The van der Waals surface area contributed by atoms with Gasteiger partial charge in [-0.15, -0.1) is 10.2 Å². The molecule has 0 bridgehead atoms. The molecular formula is C15H15FN4O2S. The summed E-state index contributed by atoms with van der Waals surface area (Å²) in [6.45, 7) is 4.01. The summed E-state index contributed by atoms with van der Waals surface area (Å²) in [5.41, 5.74) is 1.16. The largest absolute Gasteiger partial charge is 0.382 e. The van der Waals surface area contributed by atoms with Crippen molar-refractivity contribution in [1.29, 1.82) is 0 Å². The Morgan fingerprint density at radius 2 is 2.26 bits per heavy atom. The van der Waals surface area contributed by atoms with E-state index in [1.165, 1.54) is 23.5 Å². The third kappa shape index (κ3) is 3.53. The van der Waals surface area contributed by atoms with Crippen LogP contribution in [0.25, 0.3) is 0 Å². The monoisotopic (exact) mass is 334 g/mol. The third-order valence-corrected chi connectivity index (χ3v) is 4.42. The van der Waals surface area contributed by atoms with Crippen molar-refractivity contribution in [2.24, 2.45) is 5.16 Å². The maximum atomic E-state index is 13.2. The first kappa shape index (κ1) is 15.5. The van der Waals surface area contributed by atoms with E-state index in [1.807, 2.05) is 13.8 Å². The molecular weight excluding hydrogens is 319 g/mol. The van der Waals surface area contributed by atoms with Gasteiger partial charge in [-0.1, -0.05) is 42.5 Å². The van der Waals surface area contributed by atoms with E-state index in [1.54, 1.807) is 12.1 Å². The Balaban J connectivity index is 1.62. The summed E-state index contributed by atoms with van der Waals surface area (Å²) >= 11 is 1.33. The normalized spacial score (nSPS) is 17.0. The van der Waals surface area contributed by atoms with Crippen molar-refractivity contribution in [1.82, 2.24) is 10.2 Å². The van der Waals surface area contributed by atoms with Gasteiger partial charge >= 0.3 is 0 Å². The van der Waals surface area contributed by atoms with Crippen LogP contribution in [0.15, 0.2) is 29.4 Å². The number of halogens is 1. The molecule has 6 nitrogen and oxygen atoms in total. The van der Waals surface area contributed by atoms with Crippen LogP contribution in [-0.4, -0.2) is 27.9 Å². The number of hydrogen-bond acceptors (Lipinski definition) is 6. The number of carbonyl (C=O) groups is 1. The van der Waals surface area contributed by atoms with Crippen LogP contribution in [0.2, 0.25) is 0 Å². The molecule has 0 fully saturated rings. The summed E-state index contributed by atoms with van der Waals surface area (Å²) < 4.78 is 13.2. The van der Waals surface area contributed by atoms with E-state index >= 15 is 0 Å². The maximum Gasteiger partial charge on any atom is 0.270 e. The van der Waals surface area contributed by atoms with Crippen molar-refractivity contribution >= 4 is 28.1 Å². The topological polar surface area (TPSA) is 76.5 Å². The number of hydrogen-bond donors (Lipinski definition) is 1. The van der Waals surface area contributed by atoms with Crippen molar-refractivity contribution in [2.75, 3.05) is 5.32 Å². The van der Waals surface area contributed by atoms with Crippen LogP contribution in [0.4, 0.5) is 9.52 Å². The SMILES string of the molecule is CC(C)c1nnc(NC(=O)[C@H]2CC(c3cccc(F)c3)=NO2)s1. The summed E-state index contributed by atoms with van der Waals surface area (Å²) in [6, 6.07) is 6.04. The van der Waals surface area contributed by atoms with Gasteiger partial charge in [0.1, 0.15) is 10.8 Å². The molecule has 1 atom stereocenters. The van der Waals surface area contributed by atoms with Gasteiger partial charge in [0.05, 0.1) is 5.71 Å². The van der Waals surface area contributed by atoms with Gasteiger partial charge in [-0.05, 0) is 12.1 Å². The minimum atomic E-state index is -0.750. The number of nitrogens with one attached hydrogen (secondary N) is 1. The van der Waals surface area contributed by atoms with Crippen molar-refractivity contribution in [3.05, 3.63) is 40.7 Å². The fourth-order valence-electron chi connectivity index (χ4n) is 2.06. The summed E-state index contributed by atoms with van der Waals surface area (Å²) in [5.74, 6) is -0.441. The molecule has 0 unspecified atom stereocenters. The first-order chi connectivity index (χ1) is 11.0. The Bertz CT molecular complexity index is 759. The number of aromatic nitrogens is 2. The predicted molar refractivity (Wildman–Crippen MR) is 85.1 cm³/mol. The number of nitrogens with zero attached hydrogens (tertiary/aromatic N) is 3. The highest BCUT2D eigenvalue weighted by molar-refractivity contribution is 7.15. The lowest BCUT2D eigenvalue weighted by molar-refractivity contribution is -0.125. The molecule has 1 aliphatic heterocycles. The quantitative estimate of drug-likeness (QED) is 0.932. The van der Waals surface area contributed by atoms with Gasteiger partial charge < -0.3 is 4.84 Å². The van der Waals surface area contributed by atoms with E-state index in [9.17, 15) is 9.18 Å². The van der Waals surface area contributed by atoms with Crippen LogP contribution in [-0.2, 0) is 9.63 Å². The highest BCUT2D eigenvalue weighted by Gasteiger charge is 2.29. The molecule has 8 heteroatoms. The molecule has 0 saturated heterocycles. The van der Waals surface area contributed by atoms with Crippen LogP contribution in [0.5, 0.6) is 0 Å². The lowest BCUT2D eigenvalue weighted by Gasteiger charge is -2.06. The first-order valence-electron chi connectivity index (χ1n) is 7.16. The summed E-state index contributed by atoms with van der Waals surface area (Å²) in [7, 11) is 0. The summed E-state index contributed by atoms with van der Waals surface area (Å²) in [6.07, 6.45) is -0.467. The number of carbonyl (C=O) groups excluding carboxylic acids is 1. The van der Waals surface area contributed by atoms with Gasteiger partial charge in [-0.25, -0.2) is 4.39 Å². The maximum absolute atomic E-state index is 13.2. The van der Waals surface area contributed by atoms with Crippen LogP contribution in [0.3, 0.4) is 0 Å². The van der Waals surface area contributed by atoms with Crippen LogP contribution in [0.1, 0.15) is 36.8 Å². The van der Waals surface area contributed by atoms with Crippen LogP contribution >= 0.6 is 11.3 Å². The highest BCUT2D eigenvalue weighted by Crippen LogP contribution is 2.24. The van der Waals surface area contributed by atoms with Gasteiger partial charge in [0, 0.05) is 17.9 Å². The van der Waals surface area contributed by atoms with E-state index in [0.717, 1.165) is 5.01 Å². The lowest BCUT2D eigenvalue weighted by atomic mass is 10.0. The minimum Gasteiger partial charge on any atom is -0.382 e. The second kappa shape index (κ2) is 6.41. The molecule has 3 rings (SSSR count). The fraction of sp³-hybridized carbons (Fsp3) is 0.333. The second-order valence-corrected chi connectivity index (χ2v) is 6.45. The first-order valence-corrected chi connectivity index (χ1v) is 7.97. The van der Waals surface area contributed by atoms with Crippen molar-refractivity contribution in [2.45, 2.75) is 32.3 Å². The van der Waals surface area contributed by atoms with E-state index in [-0.39, 0.29) is 24.1 Å². The summed E-state index contributed by atoms with van der Waals surface area (Å²) in [4.78, 5) is 17.4. The smallest absolute Gasteiger partial charge is 0.270 e. The molecule has 1 amide bonds. The van der Waals surface area contributed by atoms with Crippen LogP contribution < -0.4 is 5.32 Å². The predicted octanol–water partition coefficient (Wildman–Crippen LogP) is 2.93. The zero-order valence-electron chi connectivity index (χ0n) is 12.6. The number of rotatable bonds is 4. The molecule has 120 valence electrons. The van der Waals surface area contributed by atoms with Gasteiger partial charge in [-0.2, -0.15) is 0 Å². The van der Waals surface area contributed by atoms with Gasteiger partial charge in [0.15, 0.2) is 0 Å². The van der Waals surface area contributed by atoms with Gasteiger partial charge in [0.25, 0.3) is 5.91 Å². The Labute approximate surface area is 136 Å². The second-order valence-electron chi connectivity index (χ2n) is 5.44. The standard InChI is InChI=1S/C15H15FN4O2S/c1-8(2)14-18-19-15(23-14)17-13(21)12-7-11(20-22-12)9-4-3-5-10(16)6-9/h3-6,8,12H,7H2,1-2H3,(H,17,19,21)/t12-/m1/s1. The van der Waals surface area contributed by atoms with Gasteiger partial charge in [0.2, 0.25) is 11.2 Å². The number of anilines is 1. The van der Waals surface area contributed by atoms with Crippen LogP contribution in [0, 0.1) is 5.82 Å². The minimum absolute atomic E-state index is 0.254. The molecule has 2 aromatic rings. The summed E-state index contributed by atoms with van der Waals surface area (Å²) in [5, 5.41) is 15.8. The molecule has 23 heavy (non-hydrogen) atoms. The average molecular weight is 334 g/mol. The zero-order chi connectivity index (χ0) is 16.4. The zero-order valence-corrected chi connectivity index (χ0v) is 13.4. The molecule has 0 aliphatic carbocycles. The number of amides is 1. The highest BCUT2D eigenvalue weighted by atomic mass is 32.1. The molecule has 1 aromatic carbocycles. The fourth-order valence-corrected chi connectivity index (χ4v) is 2.81. The average Bonchev–Trinajstić information content (AvgIpc) is 3.16.